The van der Waals surface area contributed by atoms with Crippen molar-refractivity contribution in [3.63, 3.8) is 0 Å². The first-order chi connectivity index (χ1) is 11.0. The van der Waals surface area contributed by atoms with Crippen LogP contribution in [-0.4, -0.2) is 41.6 Å². The van der Waals surface area contributed by atoms with E-state index in [2.05, 4.69) is 4.74 Å². The van der Waals surface area contributed by atoms with Gasteiger partial charge in [0.1, 0.15) is 5.75 Å². The number of hydrogen-bond acceptors (Lipinski definition) is 3. The molecular weight excluding hydrogens is 344 g/mol. The minimum absolute atomic E-state index is 0.106. The third-order valence-corrected chi connectivity index (χ3v) is 3.67. The Hall–Kier alpha value is -1.97. The van der Waals surface area contributed by atoms with Crippen LogP contribution in [0, 0.1) is 11.8 Å². The summed E-state index contributed by atoms with van der Waals surface area (Å²) >= 11 is 0. The molecule has 134 valence electrons. The highest BCUT2D eigenvalue weighted by atomic mass is 19.4. The van der Waals surface area contributed by atoms with E-state index in [9.17, 15) is 31.1 Å². The van der Waals surface area contributed by atoms with Crippen molar-refractivity contribution in [3.8, 4) is 5.75 Å². The zero-order chi connectivity index (χ0) is 18.1. The van der Waals surface area contributed by atoms with Gasteiger partial charge >= 0.3 is 18.5 Å². The molecule has 2 rings (SSSR count). The quantitative estimate of drug-likeness (QED) is 0.841. The number of benzene rings is 1. The number of alkyl halides is 6. The molecule has 1 aromatic rings. The first-order valence-corrected chi connectivity index (χ1v) is 6.82. The topological polar surface area (TPSA) is 49.8 Å². The molecule has 0 aliphatic carbocycles. The molecule has 0 amide bonds. The average Bonchev–Trinajstić information content (AvgIpc) is 2.81. The van der Waals surface area contributed by atoms with Crippen molar-refractivity contribution in [1.29, 1.82) is 0 Å². The number of nitrogens with zero attached hydrogens (tertiary/aromatic N) is 1. The van der Waals surface area contributed by atoms with Crippen LogP contribution in [0.1, 0.15) is 5.56 Å². The van der Waals surface area contributed by atoms with Crippen LogP contribution in [0.5, 0.6) is 5.75 Å². The highest BCUT2D eigenvalue weighted by Crippen LogP contribution is 2.38. The zero-order valence-corrected chi connectivity index (χ0v) is 12.1. The lowest BCUT2D eigenvalue weighted by atomic mass is 9.96. The molecule has 1 fully saturated rings. The number of aliphatic carboxylic acids is 1. The summed E-state index contributed by atoms with van der Waals surface area (Å²) in [6.07, 6.45) is -9.53. The maximum absolute atomic E-state index is 12.9. The Morgan fingerprint density at radius 1 is 1.21 bits per heavy atom. The van der Waals surface area contributed by atoms with Crippen LogP contribution in [0.2, 0.25) is 0 Å². The Labute approximate surface area is 132 Å². The van der Waals surface area contributed by atoms with Crippen molar-refractivity contribution in [2.75, 3.05) is 13.1 Å². The first kappa shape index (κ1) is 18.4. The summed E-state index contributed by atoms with van der Waals surface area (Å²) in [5.41, 5.74) is 0.295. The highest BCUT2D eigenvalue weighted by molar-refractivity contribution is 5.71. The van der Waals surface area contributed by atoms with E-state index in [1.54, 1.807) is 0 Å². The van der Waals surface area contributed by atoms with Crippen LogP contribution in [-0.2, 0) is 11.3 Å². The van der Waals surface area contributed by atoms with Gasteiger partial charge in [-0.2, -0.15) is 13.2 Å². The van der Waals surface area contributed by atoms with Crippen LogP contribution < -0.4 is 4.74 Å². The molecule has 1 aromatic carbocycles. The van der Waals surface area contributed by atoms with Crippen molar-refractivity contribution < 1.29 is 41.0 Å². The highest BCUT2D eigenvalue weighted by Gasteiger charge is 2.52. The largest absolute Gasteiger partial charge is 0.573 e. The Morgan fingerprint density at radius 3 is 2.38 bits per heavy atom. The SMILES string of the molecule is O=C(O)[C@@H]1CN(Cc2cccc(OC(F)(F)F)c2)C[C@H]1C(F)(F)F. The number of rotatable bonds is 4. The van der Waals surface area contributed by atoms with Gasteiger partial charge in [0.2, 0.25) is 0 Å². The van der Waals surface area contributed by atoms with Crippen molar-refractivity contribution in [3.05, 3.63) is 29.8 Å². The van der Waals surface area contributed by atoms with E-state index in [0.717, 1.165) is 12.1 Å². The van der Waals surface area contributed by atoms with Crippen LogP contribution in [0.3, 0.4) is 0 Å². The van der Waals surface area contributed by atoms with Crippen molar-refractivity contribution in [1.82, 2.24) is 4.90 Å². The van der Waals surface area contributed by atoms with Gasteiger partial charge in [0.15, 0.2) is 0 Å². The van der Waals surface area contributed by atoms with Crippen LogP contribution >= 0.6 is 0 Å². The Kier molecular flexibility index (Phi) is 4.97. The van der Waals surface area contributed by atoms with Crippen molar-refractivity contribution >= 4 is 5.97 Å². The summed E-state index contributed by atoms with van der Waals surface area (Å²) in [4.78, 5) is 12.2. The maximum atomic E-state index is 12.9. The normalized spacial score (nSPS) is 22.6. The van der Waals surface area contributed by atoms with E-state index >= 15 is 0 Å². The van der Waals surface area contributed by atoms with Gasteiger partial charge in [0.25, 0.3) is 0 Å². The summed E-state index contributed by atoms with van der Waals surface area (Å²) in [6, 6.07) is 4.84. The zero-order valence-electron chi connectivity index (χ0n) is 12.1. The van der Waals surface area contributed by atoms with E-state index in [1.165, 1.54) is 17.0 Å². The summed E-state index contributed by atoms with van der Waals surface area (Å²) in [5.74, 6) is -5.64. The van der Waals surface area contributed by atoms with Crippen LogP contribution in [0.4, 0.5) is 26.3 Å². The molecule has 1 aliphatic rings. The molecule has 0 bridgehead atoms. The predicted molar refractivity (Wildman–Crippen MR) is 69.1 cm³/mol. The third-order valence-electron chi connectivity index (χ3n) is 3.67. The minimum Gasteiger partial charge on any atom is -0.481 e. The van der Waals surface area contributed by atoms with E-state index < -0.39 is 42.6 Å². The molecule has 0 radical (unpaired) electrons. The average molecular weight is 357 g/mol. The molecule has 10 heteroatoms. The number of carbonyl (C=O) groups is 1. The van der Waals surface area contributed by atoms with Crippen molar-refractivity contribution in [2.24, 2.45) is 11.8 Å². The molecular formula is C14H13F6NO3. The van der Waals surface area contributed by atoms with E-state index in [1.807, 2.05) is 0 Å². The van der Waals surface area contributed by atoms with Gasteiger partial charge in [0.05, 0.1) is 11.8 Å². The smallest absolute Gasteiger partial charge is 0.481 e. The number of hydrogen-bond donors (Lipinski definition) is 1. The van der Waals surface area contributed by atoms with Gasteiger partial charge in [-0.1, -0.05) is 12.1 Å². The molecule has 1 saturated heterocycles. The standard InChI is InChI=1S/C14H13F6NO3/c15-13(16,17)11-7-21(6-10(11)12(22)23)5-8-2-1-3-9(4-8)24-14(18,19)20/h1-4,10-11H,5-7H2,(H,22,23)/t10-,11-/m1/s1. The molecule has 1 N–H and O–H groups in total. The Balaban J connectivity index is 2.09. The Morgan fingerprint density at radius 2 is 1.88 bits per heavy atom. The van der Waals surface area contributed by atoms with E-state index in [4.69, 9.17) is 5.11 Å². The van der Waals surface area contributed by atoms with E-state index in [0.29, 0.717) is 5.56 Å². The number of likely N-dealkylation sites (tertiary alicyclic amines) is 1. The molecule has 0 aromatic heterocycles. The fourth-order valence-corrected chi connectivity index (χ4v) is 2.70. The summed E-state index contributed by atoms with van der Waals surface area (Å²) in [5, 5.41) is 8.93. The maximum Gasteiger partial charge on any atom is 0.573 e. The number of halogens is 6. The predicted octanol–water partition coefficient (Wildman–Crippen LogP) is 3.28. The van der Waals surface area contributed by atoms with Crippen LogP contribution in [0.25, 0.3) is 0 Å². The van der Waals surface area contributed by atoms with Gasteiger partial charge in [-0.05, 0) is 17.7 Å². The lowest BCUT2D eigenvalue weighted by Crippen LogP contribution is -2.33. The Bertz CT molecular complexity index is 601. The molecule has 24 heavy (non-hydrogen) atoms. The summed E-state index contributed by atoms with van der Waals surface area (Å²) < 4.78 is 79.0. The fourth-order valence-electron chi connectivity index (χ4n) is 2.70. The van der Waals surface area contributed by atoms with Gasteiger partial charge in [-0.25, -0.2) is 0 Å². The molecule has 1 heterocycles. The summed E-state index contributed by atoms with van der Waals surface area (Å²) in [6.45, 7) is -0.958. The second-order valence-corrected chi connectivity index (χ2v) is 5.48. The second-order valence-electron chi connectivity index (χ2n) is 5.48. The minimum atomic E-state index is -4.87. The van der Waals surface area contributed by atoms with Gasteiger partial charge < -0.3 is 9.84 Å². The van der Waals surface area contributed by atoms with Crippen LogP contribution in [0.15, 0.2) is 24.3 Å². The third kappa shape index (κ3) is 4.76. The van der Waals surface area contributed by atoms with Gasteiger partial charge in [-0.3, -0.25) is 9.69 Å². The van der Waals surface area contributed by atoms with Crippen molar-refractivity contribution in [2.45, 2.75) is 19.1 Å². The molecule has 0 spiro atoms. The summed E-state index contributed by atoms with van der Waals surface area (Å²) in [7, 11) is 0. The second kappa shape index (κ2) is 6.50. The first-order valence-electron chi connectivity index (χ1n) is 6.82. The molecule has 1 aliphatic heterocycles. The fraction of sp³-hybridized carbons (Fsp3) is 0.500. The number of carboxylic acids is 1. The lowest BCUT2D eigenvalue weighted by molar-refractivity contribution is -0.274. The van der Waals surface area contributed by atoms with Gasteiger partial charge in [-0.15, -0.1) is 13.2 Å². The molecule has 0 unspecified atom stereocenters. The number of ether oxygens (including phenoxy) is 1. The lowest BCUT2D eigenvalue weighted by Gasteiger charge is -2.18. The number of carboxylic acid groups (broad SMARTS) is 1. The molecule has 2 atom stereocenters. The molecule has 0 saturated carbocycles. The van der Waals surface area contributed by atoms with Gasteiger partial charge in [0, 0.05) is 19.6 Å². The van der Waals surface area contributed by atoms with E-state index in [-0.39, 0.29) is 13.1 Å². The molecule has 4 nitrogen and oxygen atoms in total. The monoisotopic (exact) mass is 357 g/mol.